The SMILES string of the molecule is O=C(NCCC1CCCNC1)c1nc2ncc(Br)cn2n1. The summed E-state index contributed by atoms with van der Waals surface area (Å²) in [6, 6.07) is 0. The van der Waals surface area contributed by atoms with Crippen molar-refractivity contribution in [2.24, 2.45) is 5.92 Å². The highest BCUT2D eigenvalue weighted by Crippen LogP contribution is 2.13. The topological polar surface area (TPSA) is 84.2 Å². The van der Waals surface area contributed by atoms with Gasteiger partial charge in [-0.25, -0.2) is 9.50 Å². The van der Waals surface area contributed by atoms with Crippen molar-refractivity contribution in [3.05, 3.63) is 22.7 Å². The van der Waals surface area contributed by atoms with E-state index in [9.17, 15) is 4.79 Å². The fraction of sp³-hybridized carbons (Fsp3) is 0.538. The zero-order chi connectivity index (χ0) is 14.7. The molecule has 1 aliphatic rings. The monoisotopic (exact) mass is 352 g/mol. The van der Waals surface area contributed by atoms with Crippen LogP contribution in [0.25, 0.3) is 5.78 Å². The molecule has 1 amide bonds. The summed E-state index contributed by atoms with van der Waals surface area (Å²) in [5, 5.41) is 10.4. The molecule has 0 radical (unpaired) electrons. The second-order valence-electron chi connectivity index (χ2n) is 5.21. The first-order chi connectivity index (χ1) is 10.2. The van der Waals surface area contributed by atoms with E-state index < -0.39 is 0 Å². The van der Waals surface area contributed by atoms with Gasteiger partial charge in [-0.1, -0.05) is 0 Å². The van der Waals surface area contributed by atoms with Crippen molar-refractivity contribution in [2.45, 2.75) is 19.3 Å². The van der Waals surface area contributed by atoms with Gasteiger partial charge in [-0.15, -0.1) is 5.10 Å². The number of fused-ring (bicyclic) bond motifs is 1. The molecular formula is C13H17BrN6O. The minimum absolute atomic E-state index is 0.155. The molecule has 0 saturated carbocycles. The Morgan fingerprint density at radius 1 is 1.57 bits per heavy atom. The lowest BCUT2D eigenvalue weighted by molar-refractivity contribution is 0.0940. The third-order valence-corrected chi connectivity index (χ3v) is 4.01. The van der Waals surface area contributed by atoms with Gasteiger partial charge in [-0.05, 0) is 54.2 Å². The van der Waals surface area contributed by atoms with E-state index in [-0.39, 0.29) is 11.7 Å². The first kappa shape index (κ1) is 14.4. The maximum atomic E-state index is 12.0. The number of amides is 1. The third kappa shape index (κ3) is 3.56. The highest BCUT2D eigenvalue weighted by molar-refractivity contribution is 9.10. The van der Waals surface area contributed by atoms with Crippen LogP contribution in [0.15, 0.2) is 16.9 Å². The van der Waals surface area contributed by atoms with Gasteiger partial charge in [0.1, 0.15) is 0 Å². The van der Waals surface area contributed by atoms with Crippen LogP contribution in [0.5, 0.6) is 0 Å². The van der Waals surface area contributed by atoms with Crippen LogP contribution in [0, 0.1) is 5.92 Å². The van der Waals surface area contributed by atoms with Crippen molar-refractivity contribution in [3.8, 4) is 0 Å². The zero-order valence-corrected chi connectivity index (χ0v) is 13.1. The Morgan fingerprint density at radius 2 is 2.48 bits per heavy atom. The summed E-state index contributed by atoms with van der Waals surface area (Å²) in [6.07, 6.45) is 6.78. The second-order valence-corrected chi connectivity index (χ2v) is 6.12. The maximum absolute atomic E-state index is 12.0. The lowest BCUT2D eigenvalue weighted by Crippen LogP contribution is -2.33. The second kappa shape index (κ2) is 6.48. The van der Waals surface area contributed by atoms with Crippen molar-refractivity contribution < 1.29 is 4.79 Å². The van der Waals surface area contributed by atoms with Crippen LogP contribution in [0.4, 0.5) is 0 Å². The Labute approximate surface area is 130 Å². The molecule has 0 aliphatic carbocycles. The highest BCUT2D eigenvalue weighted by atomic mass is 79.9. The fourth-order valence-electron chi connectivity index (χ4n) is 2.49. The maximum Gasteiger partial charge on any atom is 0.291 e. The van der Waals surface area contributed by atoms with Gasteiger partial charge >= 0.3 is 0 Å². The average molecular weight is 353 g/mol. The number of hydrogen-bond acceptors (Lipinski definition) is 5. The Bertz CT molecular complexity index is 637. The van der Waals surface area contributed by atoms with Crippen molar-refractivity contribution in [3.63, 3.8) is 0 Å². The molecule has 2 aromatic heterocycles. The fourth-order valence-corrected chi connectivity index (χ4v) is 2.79. The molecule has 0 aromatic carbocycles. The average Bonchev–Trinajstić information content (AvgIpc) is 2.91. The number of aromatic nitrogens is 4. The number of piperidine rings is 1. The number of halogens is 1. The van der Waals surface area contributed by atoms with Crippen LogP contribution in [0.2, 0.25) is 0 Å². The van der Waals surface area contributed by atoms with Gasteiger partial charge in [0.05, 0.1) is 4.47 Å². The predicted octanol–water partition coefficient (Wildman–Crippen LogP) is 1.01. The largest absolute Gasteiger partial charge is 0.349 e. The number of nitrogens with one attached hydrogen (secondary N) is 2. The molecule has 2 aromatic rings. The predicted molar refractivity (Wildman–Crippen MR) is 81.0 cm³/mol. The summed E-state index contributed by atoms with van der Waals surface area (Å²) < 4.78 is 2.28. The molecular weight excluding hydrogens is 336 g/mol. The molecule has 3 rings (SSSR count). The van der Waals surface area contributed by atoms with Gasteiger partial charge in [0.25, 0.3) is 11.7 Å². The summed E-state index contributed by atoms with van der Waals surface area (Å²) in [6.45, 7) is 2.80. The molecule has 1 unspecified atom stereocenters. The van der Waals surface area contributed by atoms with E-state index in [4.69, 9.17) is 0 Å². The summed E-state index contributed by atoms with van der Waals surface area (Å²) in [5.74, 6) is 0.966. The molecule has 1 fully saturated rings. The first-order valence-corrected chi connectivity index (χ1v) is 7.88. The van der Waals surface area contributed by atoms with Crippen LogP contribution in [0.1, 0.15) is 29.9 Å². The van der Waals surface area contributed by atoms with E-state index in [0.29, 0.717) is 18.2 Å². The molecule has 2 N–H and O–H groups in total. The lowest BCUT2D eigenvalue weighted by Gasteiger charge is -2.22. The summed E-state index contributed by atoms with van der Waals surface area (Å²) >= 11 is 3.31. The minimum atomic E-state index is -0.250. The van der Waals surface area contributed by atoms with Gasteiger partial charge in [0.15, 0.2) is 0 Å². The van der Waals surface area contributed by atoms with Gasteiger partial charge in [-0.2, -0.15) is 4.98 Å². The lowest BCUT2D eigenvalue weighted by atomic mass is 9.96. The molecule has 21 heavy (non-hydrogen) atoms. The normalized spacial score (nSPS) is 18.8. The minimum Gasteiger partial charge on any atom is -0.349 e. The smallest absolute Gasteiger partial charge is 0.291 e. The van der Waals surface area contributed by atoms with Crippen LogP contribution >= 0.6 is 15.9 Å². The molecule has 0 spiro atoms. The van der Waals surface area contributed by atoms with E-state index in [0.717, 1.165) is 24.0 Å². The molecule has 0 bridgehead atoms. The van der Waals surface area contributed by atoms with E-state index in [2.05, 4.69) is 41.6 Å². The molecule has 3 heterocycles. The summed E-state index contributed by atoms with van der Waals surface area (Å²) in [5.41, 5.74) is 0. The molecule has 1 saturated heterocycles. The third-order valence-electron chi connectivity index (χ3n) is 3.60. The van der Waals surface area contributed by atoms with Crippen LogP contribution < -0.4 is 10.6 Å². The molecule has 8 heteroatoms. The van der Waals surface area contributed by atoms with E-state index >= 15 is 0 Å². The van der Waals surface area contributed by atoms with Crippen molar-refractivity contribution in [2.75, 3.05) is 19.6 Å². The number of nitrogens with zero attached hydrogens (tertiary/aromatic N) is 4. The van der Waals surface area contributed by atoms with Crippen molar-refractivity contribution in [1.29, 1.82) is 0 Å². The molecule has 112 valence electrons. The van der Waals surface area contributed by atoms with E-state index in [1.54, 1.807) is 12.4 Å². The van der Waals surface area contributed by atoms with Gasteiger partial charge in [0, 0.05) is 18.9 Å². The van der Waals surface area contributed by atoms with Crippen LogP contribution in [-0.2, 0) is 0 Å². The first-order valence-electron chi connectivity index (χ1n) is 7.09. The van der Waals surface area contributed by atoms with Gasteiger partial charge < -0.3 is 10.6 Å². The van der Waals surface area contributed by atoms with Crippen molar-refractivity contribution >= 4 is 27.6 Å². The number of hydrogen-bond donors (Lipinski definition) is 2. The van der Waals surface area contributed by atoms with E-state index in [1.165, 1.54) is 17.4 Å². The molecule has 1 atom stereocenters. The Kier molecular flexibility index (Phi) is 4.45. The van der Waals surface area contributed by atoms with Gasteiger partial charge in [0.2, 0.25) is 5.82 Å². The Morgan fingerprint density at radius 3 is 3.29 bits per heavy atom. The van der Waals surface area contributed by atoms with Crippen molar-refractivity contribution in [1.82, 2.24) is 30.2 Å². The number of rotatable bonds is 4. The summed E-state index contributed by atoms with van der Waals surface area (Å²) in [7, 11) is 0. The zero-order valence-electron chi connectivity index (χ0n) is 11.5. The number of carbonyl (C=O) groups excluding carboxylic acids is 1. The standard InChI is InChI=1S/C13H17BrN6O/c14-10-7-17-13-18-11(19-20(13)8-10)12(21)16-5-3-9-2-1-4-15-6-9/h7-9,15H,1-6H2,(H,16,21). The highest BCUT2D eigenvalue weighted by Gasteiger charge is 2.16. The van der Waals surface area contributed by atoms with Gasteiger partial charge in [-0.3, -0.25) is 4.79 Å². The van der Waals surface area contributed by atoms with Crippen LogP contribution in [-0.4, -0.2) is 45.1 Å². The Balaban J connectivity index is 1.56. The number of carbonyl (C=O) groups is 1. The Hall–Kier alpha value is -1.54. The van der Waals surface area contributed by atoms with Crippen LogP contribution in [0.3, 0.4) is 0 Å². The summed E-state index contributed by atoms with van der Waals surface area (Å²) in [4.78, 5) is 20.2. The molecule has 1 aliphatic heterocycles. The molecule has 7 nitrogen and oxygen atoms in total. The quantitative estimate of drug-likeness (QED) is 0.857. The van der Waals surface area contributed by atoms with E-state index in [1.807, 2.05) is 0 Å².